The van der Waals surface area contributed by atoms with Crippen molar-refractivity contribution in [1.29, 1.82) is 0 Å². The molecule has 5 nitrogen and oxygen atoms in total. The van der Waals surface area contributed by atoms with Crippen molar-refractivity contribution in [2.45, 2.75) is 16.3 Å². The summed E-state index contributed by atoms with van der Waals surface area (Å²) in [4.78, 5) is -0.597. The number of sulfone groups is 1. The van der Waals surface area contributed by atoms with Crippen LogP contribution in [0.1, 0.15) is 0 Å². The van der Waals surface area contributed by atoms with E-state index in [1.807, 2.05) is 0 Å². The number of alkyl halides is 2. The second kappa shape index (κ2) is 5.03. The fourth-order valence-corrected chi connectivity index (χ4v) is 2.39. The standard InChI is InChI=1S/C11H12F2O5S/c12-11(13,7-14)19(15,16)10-3-1-2-8(4-10)17-5-9-6-18-9/h1-4,9,14H,5-7H2/t9-/m1/s1. The molecule has 0 amide bonds. The highest BCUT2D eigenvalue weighted by Gasteiger charge is 2.45. The van der Waals surface area contributed by atoms with Crippen LogP contribution in [0.5, 0.6) is 5.75 Å². The third-order valence-electron chi connectivity index (χ3n) is 2.53. The van der Waals surface area contributed by atoms with E-state index in [0.29, 0.717) is 6.61 Å². The minimum atomic E-state index is -4.93. The molecule has 8 heteroatoms. The van der Waals surface area contributed by atoms with Crippen LogP contribution in [-0.2, 0) is 14.6 Å². The first-order valence-electron chi connectivity index (χ1n) is 5.44. The predicted molar refractivity (Wildman–Crippen MR) is 60.9 cm³/mol. The lowest BCUT2D eigenvalue weighted by molar-refractivity contribution is 0.0262. The molecule has 2 rings (SSSR count). The molecule has 1 atom stereocenters. The molecule has 0 radical (unpaired) electrons. The smallest absolute Gasteiger partial charge is 0.372 e. The first-order valence-corrected chi connectivity index (χ1v) is 6.93. The third kappa shape index (κ3) is 3.02. The van der Waals surface area contributed by atoms with Crippen LogP contribution in [0.4, 0.5) is 8.78 Å². The second-order valence-corrected chi connectivity index (χ2v) is 6.12. The summed E-state index contributed by atoms with van der Waals surface area (Å²) < 4.78 is 59.7. The number of ether oxygens (including phenoxy) is 2. The van der Waals surface area contributed by atoms with Crippen LogP contribution in [0.2, 0.25) is 0 Å². The van der Waals surface area contributed by atoms with Gasteiger partial charge in [0.1, 0.15) is 25.1 Å². The Morgan fingerprint density at radius 2 is 2.16 bits per heavy atom. The van der Waals surface area contributed by atoms with Crippen molar-refractivity contribution < 1.29 is 31.8 Å². The molecule has 0 saturated carbocycles. The Labute approximate surface area is 108 Å². The maximum absolute atomic E-state index is 13.2. The monoisotopic (exact) mass is 294 g/mol. The van der Waals surface area contributed by atoms with Crippen LogP contribution in [0.3, 0.4) is 0 Å². The summed E-state index contributed by atoms with van der Waals surface area (Å²) in [6.07, 6.45) is -0.0286. The van der Waals surface area contributed by atoms with E-state index < -0.39 is 26.6 Å². The quantitative estimate of drug-likeness (QED) is 0.786. The minimum Gasteiger partial charge on any atom is -0.491 e. The van der Waals surface area contributed by atoms with Gasteiger partial charge < -0.3 is 14.6 Å². The number of halogens is 2. The van der Waals surface area contributed by atoms with Gasteiger partial charge in [0, 0.05) is 0 Å². The molecule has 0 spiro atoms. The highest BCUT2D eigenvalue weighted by molar-refractivity contribution is 7.92. The van der Waals surface area contributed by atoms with E-state index in [9.17, 15) is 17.2 Å². The van der Waals surface area contributed by atoms with E-state index in [2.05, 4.69) is 0 Å². The summed E-state index contributed by atoms with van der Waals surface area (Å²) in [5.74, 6) is 0.158. The molecule has 1 saturated heterocycles. The number of epoxide rings is 1. The lowest BCUT2D eigenvalue weighted by Gasteiger charge is -2.14. The Kier molecular flexibility index (Phi) is 3.75. The Balaban J connectivity index is 2.21. The van der Waals surface area contributed by atoms with Gasteiger partial charge in [0.05, 0.1) is 11.5 Å². The van der Waals surface area contributed by atoms with Gasteiger partial charge in [-0.05, 0) is 18.2 Å². The molecule has 106 valence electrons. The SMILES string of the molecule is O=S(=O)(c1cccc(OC[C@@H]2CO2)c1)C(F)(F)CO. The Bertz CT molecular complexity index is 554. The zero-order chi connectivity index (χ0) is 14.1. The van der Waals surface area contributed by atoms with Crippen LogP contribution in [-0.4, -0.2) is 44.7 Å². The fourth-order valence-electron chi connectivity index (χ4n) is 1.34. The number of aliphatic hydroxyl groups excluding tert-OH is 1. The van der Waals surface area contributed by atoms with Crippen molar-refractivity contribution in [3.8, 4) is 5.75 Å². The molecule has 1 aliphatic heterocycles. The van der Waals surface area contributed by atoms with Crippen LogP contribution in [0.25, 0.3) is 0 Å². The highest BCUT2D eigenvalue weighted by atomic mass is 32.2. The van der Waals surface area contributed by atoms with Crippen molar-refractivity contribution in [2.75, 3.05) is 19.8 Å². The van der Waals surface area contributed by atoms with Crippen LogP contribution in [0, 0.1) is 0 Å². The van der Waals surface area contributed by atoms with Gasteiger partial charge in [-0.3, -0.25) is 0 Å². The minimum absolute atomic E-state index is 0.0286. The van der Waals surface area contributed by atoms with Gasteiger partial charge in [-0.25, -0.2) is 8.42 Å². The maximum atomic E-state index is 13.2. The van der Waals surface area contributed by atoms with E-state index in [1.165, 1.54) is 12.1 Å². The van der Waals surface area contributed by atoms with Gasteiger partial charge in [-0.15, -0.1) is 0 Å². The topological polar surface area (TPSA) is 76.1 Å². The van der Waals surface area contributed by atoms with Gasteiger partial charge in [0.2, 0.25) is 9.84 Å². The lowest BCUT2D eigenvalue weighted by Crippen LogP contribution is -2.32. The maximum Gasteiger partial charge on any atom is 0.372 e. The van der Waals surface area contributed by atoms with Crippen molar-refractivity contribution in [3.05, 3.63) is 24.3 Å². The highest BCUT2D eigenvalue weighted by Crippen LogP contribution is 2.30. The molecule has 1 heterocycles. The van der Waals surface area contributed by atoms with E-state index in [-0.39, 0.29) is 18.5 Å². The van der Waals surface area contributed by atoms with Gasteiger partial charge >= 0.3 is 5.25 Å². The summed E-state index contributed by atoms with van der Waals surface area (Å²) in [6, 6.07) is 4.78. The summed E-state index contributed by atoms with van der Waals surface area (Å²) >= 11 is 0. The molecular formula is C11H12F2O5S. The zero-order valence-electron chi connectivity index (χ0n) is 9.75. The van der Waals surface area contributed by atoms with Crippen molar-refractivity contribution >= 4 is 9.84 Å². The molecule has 1 aromatic carbocycles. The average molecular weight is 294 g/mol. The largest absolute Gasteiger partial charge is 0.491 e. The van der Waals surface area contributed by atoms with Gasteiger partial charge in [-0.2, -0.15) is 8.78 Å². The number of benzene rings is 1. The van der Waals surface area contributed by atoms with E-state index in [1.54, 1.807) is 0 Å². The summed E-state index contributed by atoms with van der Waals surface area (Å²) in [5.41, 5.74) is 0. The van der Waals surface area contributed by atoms with Crippen LogP contribution in [0.15, 0.2) is 29.2 Å². The molecule has 0 aromatic heterocycles. The Hall–Kier alpha value is -1.25. The normalized spacial score (nSPS) is 19.2. The average Bonchev–Trinajstić information content (AvgIpc) is 3.20. The molecule has 0 unspecified atom stereocenters. The number of hydrogen-bond acceptors (Lipinski definition) is 5. The number of hydrogen-bond donors (Lipinski definition) is 1. The molecule has 1 aliphatic rings. The molecule has 19 heavy (non-hydrogen) atoms. The summed E-state index contributed by atoms with van der Waals surface area (Å²) in [7, 11) is -4.93. The van der Waals surface area contributed by atoms with Crippen molar-refractivity contribution in [1.82, 2.24) is 0 Å². The van der Waals surface area contributed by atoms with Gasteiger partial charge in [0.15, 0.2) is 0 Å². The second-order valence-electron chi connectivity index (χ2n) is 4.04. The first-order chi connectivity index (χ1) is 8.87. The number of aliphatic hydroxyl groups is 1. The molecule has 1 aromatic rings. The van der Waals surface area contributed by atoms with Crippen LogP contribution < -0.4 is 4.74 Å². The number of rotatable bonds is 6. The predicted octanol–water partition coefficient (Wildman–Crippen LogP) is 0.823. The van der Waals surface area contributed by atoms with Crippen LogP contribution >= 0.6 is 0 Å². The molecule has 0 aliphatic carbocycles. The third-order valence-corrected chi connectivity index (χ3v) is 4.32. The fraction of sp³-hybridized carbons (Fsp3) is 0.455. The van der Waals surface area contributed by atoms with E-state index in [4.69, 9.17) is 14.6 Å². The van der Waals surface area contributed by atoms with Crippen molar-refractivity contribution in [3.63, 3.8) is 0 Å². The van der Waals surface area contributed by atoms with E-state index >= 15 is 0 Å². The molecular weight excluding hydrogens is 282 g/mol. The Morgan fingerprint density at radius 3 is 2.74 bits per heavy atom. The van der Waals surface area contributed by atoms with Gasteiger partial charge in [-0.1, -0.05) is 6.07 Å². The molecule has 0 bridgehead atoms. The summed E-state index contributed by atoms with van der Waals surface area (Å²) in [5, 5.41) is 4.25. The summed E-state index contributed by atoms with van der Waals surface area (Å²) in [6.45, 7) is -0.962. The zero-order valence-corrected chi connectivity index (χ0v) is 10.6. The molecule has 1 N–H and O–H groups in total. The first kappa shape index (κ1) is 14.2. The lowest BCUT2D eigenvalue weighted by atomic mass is 10.3. The molecule has 1 fully saturated rings. The van der Waals surface area contributed by atoms with Crippen molar-refractivity contribution in [2.24, 2.45) is 0 Å². The van der Waals surface area contributed by atoms with E-state index in [0.717, 1.165) is 12.1 Å². The van der Waals surface area contributed by atoms with Gasteiger partial charge in [0.25, 0.3) is 0 Å². The Morgan fingerprint density at radius 1 is 1.47 bits per heavy atom.